The summed E-state index contributed by atoms with van der Waals surface area (Å²) in [6.07, 6.45) is 0.729. The molecule has 2 aliphatic heterocycles. The zero-order chi connectivity index (χ0) is 15.9. The van der Waals surface area contributed by atoms with E-state index in [-0.39, 0.29) is 30.4 Å². The molecule has 118 valence electrons. The van der Waals surface area contributed by atoms with E-state index in [2.05, 4.69) is 0 Å². The number of hydrogen-bond donors (Lipinski definition) is 1. The lowest BCUT2D eigenvalue weighted by Gasteiger charge is -2.38. The van der Waals surface area contributed by atoms with E-state index in [1.807, 2.05) is 0 Å². The standard InChI is InChI=1S/C16H18FNO4/c1-22-16(21)9-2-4-11-7-14(19)13-6-10(17)3-5-12(13)15(20)18(11)8-9/h3,5-6,9,11,14,19H,2,4,7-8H2,1H3/t9?,11-,14?/m0/s1. The number of esters is 1. The molecule has 22 heavy (non-hydrogen) atoms. The molecule has 3 atom stereocenters. The second-order valence-electron chi connectivity index (χ2n) is 5.89. The van der Waals surface area contributed by atoms with Gasteiger partial charge >= 0.3 is 5.97 Å². The first-order valence-electron chi connectivity index (χ1n) is 7.37. The first-order chi connectivity index (χ1) is 10.5. The van der Waals surface area contributed by atoms with E-state index >= 15 is 0 Å². The second-order valence-corrected chi connectivity index (χ2v) is 5.89. The topological polar surface area (TPSA) is 66.8 Å². The average Bonchev–Trinajstić information content (AvgIpc) is 2.62. The smallest absolute Gasteiger partial charge is 0.310 e. The van der Waals surface area contributed by atoms with E-state index in [9.17, 15) is 19.1 Å². The molecule has 1 saturated heterocycles. The highest BCUT2D eigenvalue weighted by Gasteiger charge is 2.40. The molecule has 1 aromatic rings. The molecule has 2 aliphatic rings. The van der Waals surface area contributed by atoms with E-state index in [4.69, 9.17) is 4.74 Å². The zero-order valence-corrected chi connectivity index (χ0v) is 12.3. The van der Waals surface area contributed by atoms with Crippen LogP contribution < -0.4 is 0 Å². The maximum absolute atomic E-state index is 13.4. The number of hydrogen-bond acceptors (Lipinski definition) is 4. The number of aliphatic hydroxyl groups is 1. The second kappa shape index (κ2) is 5.68. The number of benzene rings is 1. The quantitative estimate of drug-likeness (QED) is 0.801. The fourth-order valence-electron chi connectivity index (χ4n) is 3.42. The van der Waals surface area contributed by atoms with Crippen molar-refractivity contribution in [3.63, 3.8) is 0 Å². The van der Waals surface area contributed by atoms with Gasteiger partial charge in [0, 0.05) is 18.2 Å². The fourth-order valence-corrected chi connectivity index (χ4v) is 3.42. The Morgan fingerprint density at radius 2 is 2.18 bits per heavy atom. The monoisotopic (exact) mass is 307 g/mol. The number of methoxy groups -OCH3 is 1. The summed E-state index contributed by atoms with van der Waals surface area (Å²) in [5.41, 5.74) is 0.635. The molecule has 2 unspecified atom stereocenters. The maximum atomic E-state index is 13.4. The molecule has 1 N–H and O–H groups in total. The van der Waals surface area contributed by atoms with Crippen LogP contribution in [0.5, 0.6) is 0 Å². The maximum Gasteiger partial charge on any atom is 0.310 e. The molecule has 0 aliphatic carbocycles. The summed E-state index contributed by atoms with van der Waals surface area (Å²) < 4.78 is 18.2. The third-order valence-corrected chi connectivity index (χ3v) is 4.60. The van der Waals surface area contributed by atoms with Gasteiger partial charge in [0.2, 0.25) is 0 Å². The molecule has 0 saturated carbocycles. The van der Waals surface area contributed by atoms with Crippen molar-refractivity contribution in [3.8, 4) is 0 Å². The summed E-state index contributed by atoms with van der Waals surface area (Å²) in [5, 5.41) is 10.3. The molecule has 1 fully saturated rings. The van der Waals surface area contributed by atoms with Crippen LogP contribution in [0.4, 0.5) is 4.39 Å². The number of halogens is 1. The van der Waals surface area contributed by atoms with E-state index < -0.39 is 11.9 Å². The molecule has 0 bridgehead atoms. The van der Waals surface area contributed by atoms with Gasteiger partial charge in [-0.1, -0.05) is 0 Å². The van der Waals surface area contributed by atoms with Crippen LogP contribution in [0.25, 0.3) is 0 Å². The van der Waals surface area contributed by atoms with Crippen molar-refractivity contribution < 1.29 is 23.8 Å². The summed E-state index contributed by atoms with van der Waals surface area (Å²) in [4.78, 5) is 26.1. The van der Waals surface area contributed by atoms with Crippen molar-refractivity contribution >= 4 is 11.9 Å². The molecular weight excluding hydrogens is 289 g/mol. The van der Waals surface area contributed by atoms with Gasteiger partial charge in [0.05, 0.1) is 19.1 Å². The van der Waals surface area contributed by atoms with Gasteiger partial charge < -0.3 is 14.7 Å². The normalized spacial score (nSPS) is 27.7. The Balaban J connectivity index is 1.94. The van der Waals surface area contributed by atoms with Gasteiger partial charge in [0.1, 0.15) is 5.82 Å². The number of ether oxygens (including phenoxy) is 1. The van der Waals surface area contributed by atoms with Crippen molar-refractivity contribution in [1.82, 2.24) is 4.90 Å². The number of amides is 1. The first kappa shape index (κ1) is 15.0. The van der Waals surface area contributed by atoms with Crippen LogP contribution in [0.1, 0.15) is 41.3 Å². The molecule has 1 aromatic carbocycles. The molecule has 0 aromatic heterocycles. The minimum absolute atomic E-state index is 0.140. The zero-order valence-electron chi connectivity index (χ0n) is 12.3. The minimum atomic E-state index is -0.876. The summed E-state index contributed by atoms with van der Waals surface area (Å²) in [5.74, 6) is -1.40. The first-order valence-corrected chi connectivity index (χ1v) is 7.37. The Morgan fingerprint density at radius 1 is 1.41 bits per heavy atom. The lowest BCUT2D eigenvalue weighted by molar-refractivity contribution is -0.147. The van der Waals surface area contributed by atoms with Gasteiger partial charge in [-0.3, -0.25) is 9.59 Å². The Morgan fingerprint density at radius 3 is 2.91 bits per heavy atom. The average molecular weight is 307 g/mol. The summed E-state index contributed by atoms with van der Waals surface area (Å²) >= 11 is 0. The number of rotatable bonds is 1. The van der Waals surface area contributed by atoms with Crippen molar-refractivity contribution in [2.75, 3.05) is 13.7 Å². The third kappa shape index (κ3) is 2.47. The van der Waals surface area contributed by atoms with Gasteiger partial charge in [0.25, 0.3) is 5.91 Å². The highest BCUT2D eigenvalue weighted by atomic mass is 19.1. The van der Waals surface area contributed by atoms with Gasteiger partial charge in [-0.15, -0.1) is 0 Å². The third-order valence-electron chi connectivity index (χ3n) is 4.60. The van der Waals surface area contributed by atoms with E-state index in [1.54, 1.807) is 4.90 Å². The number of carbonyl (C=O) groups excluding carboxylic acids is 2. The Bertz CT molecular complexity index is 618. The number of fused-ring (bicyclic) bond motifs is 2. The highest BCUT2D eigenvalue weighted by Crippen LogP contribution is 2.35. The van der Waals surface area contributed by atoms with Crippen molar-refractivity contribution in [3.05, 3.63) is 35.1 Å². The van der Waals surface area contributed by atoms with Crippen LogP contribution in [-0.2, 0) is 9.53 Å². The van der Waals surface area contributed by atoms with Crippen LogP contribution >= 0.6 is 0 Å². The predicted octanol–water partition coefficient (Wildman–Crippen LogP) is 1.66. The van der Waals surface area contributed by atoms with Crippen LogP contribution in [0.3, 0.4) is 0 Å². The van der Waals surface area contributed by atoms with Crippen LogP contribution in [-0.4, -0.2) is 41.6 Å². The molecule has 1 amide bonds. The molecular formula is C16H18FNO4. The van der Waals surface area contributed by atoms with Crippen molar-refractivity contribution in [1.29, 1.82) is 0 Å². The molecule has 0 radical (unpaired) electrons. The summed E-state index contributed by atoms with van der Waals surface area (Å²) in [7, 11) is 1.33. The summed E-state index contributed by atoms with van der Waals surface area (Å²) in [6, 6.07) is 3.69. The molecule has 2 heterocycles. The molecule has 3 rings (SSSR count). The fraction of sp³-hybridized carbons (Fsp3) is 0.500. The number of piperidine rings is 1. The minimum Gasteiger partial charge on any atom is -0.469 e. The predicted molar refractivity (Wildman–Crippen MR) is 75.5 cm³/mol. The Labute approximate surface area is 127 Å². The van der Waals surface area contributed by atoms with Gasteiger partial charge in [-0.05, 0) is 43.0 Å². The molecule has 0 spiro atoms. The molecule has 6 heteroatoms. The van der Waals surface area contributed by atoms with Crippen molar-refractivity contribution in [2.24, 2.45) is 5.92 Å². The Kier molecular flexibility index (Phi) is 3.87. The number of aliphatic hydroxyl groups excluding tert-OH is 1. The van der Waals surface area contributed by atoms with Crippen molar-refractivity contribution in [2.45, 2.75) is 31.4 Å². The highest BCUT2D eigenvalue weighted by molar-refractivity contribution is 5.96. The van der Waals surface area contributed by atoms with Gasteiger partial charge in [0.15, 0.2) is 0 Å². The van der Waals surface area contributed by atoms with Crippen LogP contribution in [0, 0.1) is 11.7 Å². The largest absolute Gasteiger partial charge is 0.469 e. The number of carbonyl (C=O) groups is 2. The van der Waals surface area contributed by atoms with E-state index in [1.165, 1.54) is 25.3 Å². The Hall–Kier alpha value is -1.95. The van der Waals surface area contributed by atoms with E-state index in [0.29, 0.717) is 30.4 Å². The summed E-state index contributed by atoms with van der Waals surface area (Å²) in [6.45, 7) is 0.277. The molecule has 5 nitrogen and oxygen atoms in total. The lowest BCUT2D eigenvalue weighted by Crippen LogP contribution is -2.48. The van der Waals surface area contributed by atoms with Crippen LogP contribution in [0.2, 0.25) is 0 Å². The lowest BCUT2D eigenvalue weighted by atomic mass is 9.90. The van der Waals surface area contributed by atoms with Gasteiger partial charge in [-0.2, -0.15) is 0 Å². The van der Waals surface area contributed by atoms with Gasteiger partial charge in [-0.25, -0.2) is 4.39 Å². The van der Waals surface area contributed by atoms with Crippen LogP contribution in [0.15, 0.2) is 18.2 Å². The number of nitrogens with zero attached hydrogens (tertiary/aromatic N) is 1. The SMILES string of the molecule is COC(=O)C1CC[C@H]2CC(O)c3cc(F)ccc3C(=O)N2C1. The van der Waals surface area contributed by atoms with E-state index in [0.717, 1.165) is 0 Å².